The Balaban J connectivity index is 1.64. The number of hydrogen-bond acceptors (Lipinski definition) is 5. The standard InChI is InChI=1S/C14H22N4O4S/c1-9-13(3-5-22-9)23(20,21)17-7-10-2-4-18-12(6-10)11(8-16-18)14(15)19/h8-10,13,17H,2-7H2,1H3,(H2,15,19). The lowest BCUT2D eigenvalue weighted by molar-refractivity contribution is 0.0998. The average Bonchev–Trinajstić information content (AvgIpc) is 3.11. The molecule has 0 saturated carbocycles. The number of nitrogens with two attached hydrogens (primary N) is 1. The Kier molecular flexibility index (Phi) is 4.43. The summed E-state index contributed by atoms with van der Waals surface area (Å²) in [4.78, 5) is 11.4. The van der Waals surface area contributed by atoms with E-state index in [0.717, 1.165) is 12.1 Å². The number of hydrogen-bond donors (Lipinski definition) is 2. The van der Waals surface area contributed by atoms with Crippen molar-refractivity contribution in [1.82, 2.24) is 14.5 Å². The third-order valence-electron chi connectivity index (χ3n) is 4.72. The van der Waals surface area contributed by atoms with E-state index < -0.39 is 21.2 Å². The number of sulfonamides is 1. The minimum absolute atomic E-state index is 0.129. The molecule has 1 aromatic heterocycles. The van der Waals surface area contributed by atoms with Gasteiger partial charge in [0.25, 0.3) is 5.91 Å². The predicted molar refractivity (Wildman–Crippen MR) is 83.3 cm³/mol. The molecule has 2 aliphatic rings. The minimum Gasteiger partial charge on any atom is -0.377 e. The summed E-state index contributed by atoms with van der Waals surface area (Å²) < 4.78 is 34.6. The summed E-state index contributed by atoms with van der Waals surface area (Å²) in [7, 11) is -3.39. The Morgan fingerprint density at radius 3 is 2.96 bits per heavy atom. The van der Waals surface area contributed by atoms with Crippen molar-refractivity contribution in [3.63, 3.8) is 0 Å². The summed E-state index contributed by atoms with van der Waals surface area (Å²) in [5.41, 5.74) is 6.57. The largest absolute Gasteiger partial charge is 0.377 e. The van der Waals surface area contributed by atoms with Crippen LogP contribution in [0.5, 0.6) is 0 Å². The monoisotopic (exact) mass is 342 g/mol. The average molecular weight is 342 g/mol. The number of ether oxygens (including phenoxy) is 1. The fourth-order valence-corrected chi connectivity index (χ4v) is 5.01. The topological polar surface area (TPSA) is 116 Å². The zero-order valence-corrected chi connectivity index (χ0v) is 13.9. The zero-order valence-electron chi connectivity index (χ0n) is 13.1. The number of carbonyl (C=O) groups is 1. The number of nitrogens with one attached hydrogen (secondary N) is 1. The van der Waals surface area contributed by atoms with Crippen LogP contribution < -0.4 is 10.5 Å². The lowest BCUT2D eigenvalue weighted by atomic mass is 9.94. The van der Waals surface area contributed by atoms with Crippen LogP contribution in [0.1, 0.15) is 35.8 Å². The zero-order chi connectivity index (χ0) is 16.6. The maximum absolute atomic E-state index is 12.4. The van der Waals surface area contributed by atoms with Crippen molar-refractivity contribution in [3.8, 4) is 0 Å². The van der Waals surface area contributed by atoms with Gasteiger partial charge >= 0.3 is 0 Å². The maximum atomic E-state index is 12.4. The van der Waals surface area contributed by atoms with E-state index in [1.54, 1.807) is 11.6 Å². The molecule has 1 aromatic rings. The second-order valence-corrected chi connectivity index (χ2v) is 8.23. The summed E-state index contributed by atoms with van der Waals surface area (Å²) in [5, 5.41) is 3.67. The summed E-state index contributed by atoms with van der Waals surface area (Å²) in [5.74, 6) is -0.367. The minimum atomic E-state index is -3.39. The number of aromatic nitrogens is 2. The van der Waals surface area contributed by atoms with E-state index in [1.807, 2.05) is 0 Å². The number of aryl methyl sites for hydroxylation is 1. The van der Waals surface area contributed by atoms with E-state index >= 15 is 0 Å². The Morgan fingerprint density at radius 2 is 2.30 bits per heavy atom. The normalized spacial score (nSPS) is 27.8. The highest BCUT2D eigenvalue weighted by Crippen LogP contribution is 2.24. The van der Waals surface area contributed by atoms with Crippen molar-refractivity contribution in [2.75, 3.05) is 13.2 Å². The summed E-state index contributed by atoms with van der Waals surface area (Å²) in [6.07, 6.45) is 3.15. The molecule has 3 rings (SSSR count). The third-order valence-corrected chi connectivity index (χ3v) is 6.71. The van der Waals surface area contributed by atoms with Crippen LogP contribution in [0.3, 0.4) is 0 Å². The van der Waals surface area contributed by atoms with E-state index in [-0.39, 0.29) is 12.0 Å². The quantitative estimate of drug-likeness (QED) is 0.758. The lowest BCUT2D eigenvalue weighted by Crippen LogP contribution is -2.41. The first-order valence-corrected chi connectivity index (χ1v) is 9.37. The molecule has 1 fully saturated rings. The molecule has 3 unspecified atom stereocenters. The molecular weight excluding hydrogens is 320 g/mol. The number of primary amides is 1. The van der Waals surface area contributed by atoms with Gasteiger partial charge in [-0.1, -0.05) is 0 Å². The van der Waals surface area contributed by atoms with Gasteiger partial charge in [-0.05, 0) is 32.1 Å². The van der Waals surface area contributed by atoms with Gasteiger partial charge in [0.1, 0.15) is 5.25 Å². The van der Waals surface area contributed by atoms with Crippen LogP contribution in [-0.4, -0.2) is 48.6 Å². The fourth-order valence-electron chi connectivity index (χ4n) is 3.34. The molecule has 1 saturated heterocycles. The van der Waals surface area contributed by atoms with Gasteiger partial charge in [-0.25, -0.2) is 13.1 Å². The van der Waals surface area contributed by atoms with Crippen molar-refractivity contribution < 1.29 is 17.9 Å². The Morgan fingerprint density at radius 1 is 1.52 bits per heavy atom. The highest BCUT2D eigenvalue weighted by molar-refractivity contribution is 7.90. The van der Waals surface area contributed by atoms with Crippen molar-refractivity contribution in [1.29, 1.82) is 0 Å². The number of rotatable bonds is 5. The van der Waals surface area contributed by atoms with Crippen molar-refractivity contribution in [2.24, 2.45) is 11.7 Å². The predicted octanol–water partition coefficient (Wildman–Crippen LogP) is -0.359. The van der Waals surface area contributed by atoms with Crippen molar-refractivity contribution in [3.05, 3.63) is 17.5 Å². The molecule has 9 heteroatoms. The molecular formula is C14H22N4O4S. The van der Waals surface area contributed by atoms with Gasteiger partial charge in [0.05, 0.1) is 23.6 Å². The second-order valence-electron chi connectivity index (χ2n) is 6.25. The summed E-state index contributed by atoms with van der Waals surface area (Å²) in [6.45, 7) is 3.29. The SMILES string of the molecule is CC1OCCC1S(=O)(=O)NCC1CCn2ncc(C(N)=O)c2C1. The van der Waals surface area contributed by atoms with E-state index in [1.165, 1.54) is 6.20 Å². The van der Waals surface area contributed by atoms with E-state index in [9.17, 15) is 13.2 Å². The molecule has 3 heterocycles. The van der Waals surface area contributed by atoms with E-state index in [0.29, 0.717) is 38.1 Å². The Labute approximate surface area is 135 Å². The van der Waals surface area contributed by atoms with Crippen LogP contribution in [0.4, 0.5) is 0 Å². The van der Waals surface area contributed by atoms with Gasteiger partial charge in [-0.15, -0.1) is 0 Å². The molecule has 0 aromatic carbocycles. The first kappa shape index (κ1) is 16.4. The van der Waals surface area contributed by atoms with Gasteiger partial charge in [0.15, 0.2) is 0 Å². The maximum Gasteiger partial charge on any atom is 0.252 e. The Bertz CT molecular complexity index is 700. The van der Waals surface area contributed by atoms with E-state index in [2.05, 4.69) is 9.82 Å². The Hall–Kier alpha value is -1.45. The molecule has 0 bridgehead atoms. The van der Waals surface area contributed by atoms with Crippen molar-refractivity contribution >= 4 is 15.9 Å². The van der Waals surface area contributed by atoms with E-state index in [4.69, 9.17) is 10.5 Å². The van der Waals surface area contributed by atoms with Crippen LogP contribution in [0, 0.1) is 5.92 Å². The molecule has 128 valence electrons. The molecule has 0 aliphatic carbocycles. The number of nitrogens with zero attached hydrogens (tertiary/aromatic N) is 2. The highest BCUT2D eigenvalue weighted by atomic mass is 32.2. The smallest absolute Gasteiger partial charge is 0.252 e. The van der Waals surface area contributed by atoms with Gasteiger partial charge in [-0.3, -0.25) is 9.48 Å². The number of fused-ring (bicyclic) bond motifs is 1. The highest BCUT2D eigenvalue weighted by Gasteiger charge is 2.36. The van der Waals surface area contributed by atoms with Gasteiger partial charge in [0, 0.05) is 19.7 Å². The first-order valence-electron chi connectivity index (χ1n) is 7.83. The fraction of sp³-hybridized carbons (Fsp3) is 0.714. The van der Waals surface area contributed by atoms with Crippen LogP contribution in [0.15, 0.2) is 6.20 Å². The van der Waals surface area contributed by atoms with Crippen molar-refractivity contribution in [2.45, 2.75) is 44.1 Å². The molecule has 8 nitrogen and oxygen atoms in total. The van der Waals surface area contributed by atoms with Gasteiger partial charge < -0.3 is 10.5 Å². The molecule has 0 spiro atoms. The second kappa shape index (κ2) is 6.21. The first-order chi connectivity index (χ1) is 10.9. The summed E-state index contributed by atoms with van der Waals surface area (Å²) >= 11 is 0. The molecule has 23 heavy (non-hydrogen) atoms. The lowest BCUT2D eigenvalue weighted by Gasteiger charge is -2.25. The summed E-state index contributed by atoms with van der Waals surface area (Å²) in [6, 6.07) is 0. The third kappa shape index (κ3) is 3.26. The number of carbonyl (C=O) groups excluding carboxylic acids is 1. The number of amides is 1. The molecule has 3 atom stereocenters. The van der Waals surface area contributed by atoms with Crippen LogP contribution >= 0.6 is 0 Å². The van der Waals surface area contributed by atoms with Gasteiger partial charge in [-0.2, -0.15) is 5.10 Å². The molecule has 1 amide bonds. The molecule has 2 aliphatic heterocycles. The molecule has 3 N–H and O–H groups in total. The molecule has 0 radical (unpaired) electrons. The van der Waals surface area contributed by atoms with Crippen LogP contribution in [0.25, 0.3) is 0 Å². The van der Waals surface area contributed by atoms with Gasteiger partial charge in [0.2, 0.25) is 10.0 Å². The van der Waals surface area contributed by atoms with Crippen LogP contribution in [0.2, 0.25) is 0 Å². The van der Waals surface area contributed by atoms with Crippen LogP contribution in [-0.2, 0) is 27.7 Å².